The Morgan fingerprint density at radius 3 is 2.81 bits per heavy atom. The highest BCUT2D eigenvalue weighted by Gasteiger charge is 2.14. The molecule has 0 aliphatic carbocycles. The molecule has 0 radical (unpaired) electrons. The second kappa shape index (κ2) is 7.58. The third-order valence-corrected chi connectivity index (χ3v) is 3.59. The molecule has 0 aliphatic rings. The van der Waals surface area contributed by atoms with Gasteiger partial charge < -0.3 is 4.74 Å². The summed E-state index contributed by atoms with van der Waals surface area (Å²) >= 11 is 1.53. The van der Waals surface area contributed by atoms with Crippen molar-refractivity contribution in [1.82, 2.24) is 9.97 Å². The van der Waals surface area contributed by atoms with Crippen LogP contribution in [0, 0.1) is 17.0 Å². The number of thioether (sulfide) groups is 1. The molecule has 0 unspecified atom stereocenters. The summed E-state index contributed by atoms with van der Waals surface area (Å²) in [5, 5.41) is 11.6. The number of nitrogens with zero attached hydrogens (tertiary/aromatic N) is 3. The molecule has 0 bridgehead atoms. The van der Waals surface area contributed by atoms with Gasteiger partial charge in [-0.25, -0.2) is 9.97 Å². The standard InChI is InChI=1S/C14H15N3O3S/c1-11-4-5-12(17(18)19)13(10-11)20-8-3-9-21-14-15-6-2-7-16-14/h2,4-7,10H,3,8-9H2,1H3. The molecule has 1 aromatic heterocycles. The Morgan fingerprint density at radius 1 is 1.33 bits per heavy atom. The van der Waals surface area contributed by atoms with Crippen LogP contribution in [0.15, 0.2) is 41.8 Å². The van der Waals surface area contributed by atoms with Crippen LogP contribution >= 0.6 is 11.8 Å². The molecule has 6 nitrogen and oxygen atoms in total. The van der Waals surface area contributed by atoms with Crippen LogP contribution in [0.1, 0.15) is 12.0 Å². The largest absolute Gasteiger partial charge is 0.487 e. The van der Waals surface area contributed by atoms with Crippen molar-refractivity contribution < 1.29 is 9.66 Å². The number of nitro benzene ring substituents is 1. The molecule has 0 saturated heterocycles. The summed E-state index contributed by atoms with van der Waals surface area (Å²) in [6.07, 6.45) is 4.15. The van der Waals surface area contributed by atoms with Crippen LogP contribution in [0.3, 0.4) is 0 Å². The molecule has 0 aliphatic heterocycles. The number of nitro groups is 1. The Labute approximate surface area is 126 Å². The Morgan fingerprint density at radius 2 is 2.10 bits per heavy atom. The van der Waals surface area contributed by atoms with Gasteiger partial charge in [0.05, 0.1) is 11.5 Å². The van der Waals surface area contributed by atoms with Gasteiger partial charge in [-0.1, -0.05) is 17.8 Å². The van der Waals surface area contributed by atoms with Crippen LogP contribution in [-0.4, -0.2) is 27.3 Å². The Balaban J connectivity index is 1.81. The molecule has 21 heavy (non-hydrogen) atoms. The fourth-order valence-electron chi connectivity index (χ4n) is 1.65. The zero-order valence-corrected chi connectivity index (χ0v) is 12.4. The lowest BCUT2D eigenvalue weighted by molar-refractivity contribution is -0.385. The smallest absolute Gasteiger partial charge is 0.310 e. The van der Waals surface area contributed by atoms with Crippen molar-refractivity contribution in [1.29, 1.82) is 0 Å². The first kappa shape index (κ1) is 15.2. The number of hydrogen-bond acceptors (Lipinski definition) is 6. The Bertz CT molecular complexity index is 608. The highest BCUT2D eigenvalue weighted by Crippen LogP contribution is 2.27. The third kappa shape index (κ3) is 4.71. The topological polar surface area (TPSA) is 78.2 Å². The summed E-state index contributed by atoms with van der Waals surface area (Å²) < 4.78 is 5.52. The van der Waals surface area contributed by atoms with Crippen molar-refractivity contribution in [3.8, 4) is 5.75 Å². The number of ether oxygens (including phenoxy) is 1. The first-order chi connectivity index (χ1) is 10.2. The van der Waals surface area contributed by atoms with Crippen molar-refractivity contribution in [3.05, 3.63) is 52.3 Å². The monoisotopic (exact) mass is 305 g/mol. The summed E-state index contributed by atoms with van der Waals surface area (Å²) in [6.45, 7) is 2.29. The van der Waals surface area contributed by atoms with Crippen LogP contribution in [0.5, 0.6) is 5.75 Å². The maximum atomic E-state index is 10.9. The number of rotatable bonds is 7. The fraction of sp³-hybridized carbons (Fsp3) is 0.286. The van der Waals surface area contributed by atoms with E-state index < -0.39 is 4.92 Å². The molecule has 0 spiro atoms. The molecule has 110 valence electrons. The van der Waals surface area contributed by atoms with Gasteiger partial charge in [-0.2, -0.15) is 0 Å². The van der Waals surface area contributed by atoms with Crippen LogP contribution in [0.4, 0.5) is 5.69 Å². The minimum atomic E-state index is -0.429. The van der Waals surface area contributed by atoms with Gasteiger partial charge in [0, 0.05) is 24.2 Å². The van der Waals surface area contributed by atoms with Gasteiger partial charge in [0.1, 0.15) is 0 Å². The van der Waals surface area contributed by atoms with Crippen LogP contribution in [-0.2, 0) is 0 Å². The average molecular weight is 305 g/mol. The van der Waals surface area contributed by atoms with Crippen molar-refractivity contribution in [2.75, 3.05) is 12.4 Å². The number of benzene rings is 1. The molecule has 2 aromatic rings. The fourth-order valence-corrected chi connectivity index (χ4v) is 2.37. The molecule has 0 saturated carbocycles. The predicted molar refractivity (Wildman–Crippen MR) is 80.7 cm³/mol. The van der Waals surface area contributed by atoms with Gasteiger partial charge in [-0.15, -0.1) is 0 Å². The van der Waals surface area contributed by atoms with E-state index >= 15 is 0 Å². The predicted octanol–water partition coefficient (Wildman–Crippen LogP) is 3.25. The van der Waals surface area contributed by atoms with E-state index in [-0.39, 0.29) is 5.69 Å². The van der Waals surface area contributed by atoms with E-state index in [0.29, 0.717) is 12.4 Å². The maximum absolute atomic E-state index is 10.9. The molecular weight excluding hydrogens is 290 g/mol. The second-order valence-corrected chi connectivity index (χ2v) is 5.37. The lowest BCUT2D eigenvalue weighted by atomic mass is 10.2. The second-order valence-electron chi connectivity index (χ2n) is 4.31. The normalized spacial score (nSPS) is 10.3. The van der Waals surface area contributed by atoms with E-state index in [4.69, 9.17) is 4.74 Å². The van der Waals surface area contributed by atoms with Crippen molar-refractivity contribution in [2.45, 2.75) is 18.5 Å². The van der Waals surface area contributed by atoms with E-state index in [2.05, 4.69) is 9.97 Å². The van der Waals surface area contributed by atoms with E-state index in [0.717, 1.165) is 22.9 Å². The van der Waals surface area contributed by atoms with Gasteiger partial charge in [-0.3, -0.25) is 10.1 Å². The number of hydrogen-bond donors (Lipinski definition) is 0. The first-order valence-electron chi connectivity index (χ1n) is 6.44. The number of aryl methyl sites for hydroxylation is 1. The Kier molecular flexibility index (Phi) is 5.51. The molecule has 1 aromatic carbocycles. The minimum absolute atomic E-state index is 0.000328. The highest BCUT2D eigenvalue weighted by atomic mass is 32.2. The molecule has 7 heteroatoms. The van der Waals surface area contributed by atoms with Gasteiger partial charge in [-0.05, 0) is 31.0 Å². The van der Waals surface area contributed by atoms with E-state index in [1.807, 2.05) is 6.92 Å². The van der Waals surface area contributed by atoms with Crippen molar-refractivity contribution >= 4 is 17.4 Å². The zero-order chi connectivity index (χ0) is 15.1. The molecule has 1 heterocycles. The summed E-state index contributed by atoms with van der Waals surface area (Å²) in [6, 6.07) is 6.63. The van der Waals surface area contributed by atoms with Gasteiger partial charge in [0.15, 0.2) is 10.9 Å². The molecule has 0 N–H and O–H groups in total. The van der Waals surface area contributed by atoms with Crippen LogP contribution in [0.25, 0.3) is 0 Å². The van der Waals surface area contributed by atoms with Crippen LogP contribution < -0.4 is 4.74 Å². The lowest BCUT2D eigenvalue weighted by Crippen LogP contribution is -2.02. The van der Waals surface area contributed by atoms with Crippen molar-refractivity contribution in [3.63, 3.8) is 0 Å². The Hall–Kier alpha value is -2.15. The SMILES string of the molecule is Cc1ccc([N+](=O)[O-])c(OCCCSc2ncccn2)c1. The van der Waals surface area contributed by atoms with Gasteiger partial charge in [0.2, 0.25) is 0 Å². The summed E-state index contributed by atoms with van der Waals surface area (Å²) in [5.74, 6) is 1.12. The van der Waals surface area contributed by atoms with Crippen LogP contribution in [0.2, 0.25) is 0 Å². The van der Waals surface area contributed by atoms with E-state index in [1.165, 1.54) is 17.8 Å². The third-order valence-electron chi connectivity index (χ3n) is 2.63. The maximum Gasteiger partial charge on any atom is 0.310 e. The molecule has 0 fully saturated rings. The molecule has 2 rings (SSSR count). The average Bonchev–Trinajstić information content (AvgIpc) is 2.48. The minimum Gasteiger partial charge on any atom is -0.487 e. The molecular formula is C14H15N3O3S. The summed E-state index contributed by atoms with van der Waals surface area (Å²) in [7, 11) is 0. The molecule has 0 amide bonds. The molecule has 0 atom stereocenters. The van der Waals surface area contributed by atoms with E-state index in [1.54, 1.807) is 30.6 Å². The number of aromatic nitrogens is 2. The highest BCUT2D eigenvalue weighted by molar-refractivity contribution is 7.99. The van der Waals surface area contributed by atoms with E-state index in [9.17, 15) is 10.1 Å². The van der Waals surface area contributed by atoms with Gasteiger partial charge >= 0.3 is 5.69 Å². The lowest BCUT2D eigenvalue weighted by Gasteiger charge is -2.07. The van der Waals surface area contributed by atoms with Crippen molar-refractivity contribution in [2.24, 2.45) is 0 Å². The summed E-state index contributed by atoms with van der Waals surface area (Å²) in [4.78, 5) is 18.7. The van der Waals surface area contributed by atoms with Gasteiger partial charge in [0.25, 0.3) is 0 Å². The summed E-state index contributed by atoms with van der Waals surface area (Å²) in [5.41, 5.74) is 0.933. The first-order valence-corrected chi connectivity index (χ1v) is 7.43. The quantitative estimate of drug-likeness (QED) is 0.257. The zero-order valence-electron chi connectivity index (χ0n) is 11.6.